The molecule has 0 aliphatic heterocycles. The van der Waals surface area contributed by atoms with Gasteiger partial charge in [0.2, 0.25) is 0 Å². The summed E-state index contributed by atoms with van der Waals surface area (Å²) in [5, 5.41) is 14.7. The monoisotopic (exact) mass is 222 g/mol. The minimum absolute atomic E-state index is 0.155. The maximum Gasteiger partial charge on any atom is 0.115 e. The van der Waals surface area contributed by atoms with Crippen molar-refractivity contribution in [2.45, 2.75) is 26.4 Å². The van der Waals surface area contributed by atoms with Gasteiger partial charge in [-0.3, -0.25) is 4.84 Å². The van der Waals surface area contributed by atoms with Gasteiger partial charge in [0.1, 0.15) is 5.75 Å². The minimum atomic E-state index is 0.155. The van der Waals surface area contributed by atoms with E-state index in [1.165, 1.54) is 5.17 Å². The van der Waals surface area contributed by atoms with Crippen LogP contribution in [0.5, 0.6) is 5.75 Å². The van der Waals surface area contributed by atoms with Gasteiger partial charge in [-0.05, 0) is 43.2 Å². The van der Waals surface area contributed by atoms with Crippen LogP contribution in [0.3, 0.4) is 0 Å². The Kier molecular flexibility index (Phi) is 4.79. The summed E-state index contributed by atoms with van der Waals surface area (Å²) in [6, 6.07) is 6.82. The van der Waals surface area contributed by atoms with Gasteiger partial charge in [0.05, 0.1) is 19.4 Å². The topological polar surface area (TPSA) is 45.1 Å². The van der Waals surface area contributed by atoms with Gasteiger partial charge in [0.15, 0.2) is 0 Å². The summed E-state index contributed by atoms with van der Waals surface area (Å²) >= 11 is 0. The van der Waals surface area contributed by atoms with Crippen molar-refractivity contribution in [3.8, 4) is 5.75 Å². The highest BCUT2D eigenvalue weighted by Gasteiger charge is 2.00. The molecule has 0 saturated carbocycles. The summed E-state index contributed by atoms with van der Waals surface area (Å²) in [5.41, 5.74) is 0.914. The molecule has 16 heavy (non-hydrogen) atoms. The average molecular weight is 222 g/mol. The lowest BCUT2D eigenvalue weighted by Crippen LogP contribution is -2.19. The Labute approximate surface area is 96.1 Å². The molecule has 0 aliphatic rings. The van der Waals surface area contributed by atoms with Crippen LogP contribution in [0.1, 0.15) is 25.8 Å². The first-order valence-electron chi connectivity index (χ1n) is 5.35. The average Bonchev–Trinajstić information content (AvgIpc) is 2.28. The quantitative estimate of drug-likeness (QED) is 0.614. The number of hydrazone groups is 1. The third kappa shape index (κ3) is 4.31. The van der Waals surface area contributed by atoms with Crippen molar-refractivity contribution in [3.05, 3.63) is 29.8 Å². The normalized spacial score (nSPS) is 12.9. The number of hydrogen-bond donors (Lipinski definition) is 1. The molecule has 0 spiro atoms. The number of rotatable bonds is 5. The first-order valence-corrected chi connectivity index (χ1v) is 5.35. The second-order valence-electron chi connectivity index (χ2n) is 3.62. The molecular formula is C12H18N2O2. The molecule has 1 N–H and O–H groups in total. The maximum atomic E-state index is 9.11. The Bertz CT molecular complexity index is 335. The highest BCUT2D eigenvalue weighted by Crippen LogP contribution is 2.08. The molecule has 88 valence electrons. The van der Waals surface area contributed by atoms with Crippen LogP contribution in [0.2, 0.25) is 0 Å². The molecule has 4 nitrogen and oxygen atoms in total. The van der Waals surface area contributed by atoms with Gasteiger partial charge in [-0.25, -0.2) is 0 Å². The molecular weight excluding hydrogens is 204 g/mol. The summed E-state index contributed by atoms with van der Waals surface area (Å²) in [7, 11) is 1.75. The van der Waals surface area contributed by atoms with E-state index >= 15 is 0 Å². The molecule has 0 fully saturated rings. The molecule has 0 aromatic heterocycles. The van der Waals surface area contributed by atoms with Crippen LogP contribution >= 0.6 is 0 Å². The van der Waals surface area contributed by atoms with E-state index in [1.807, 2.05) is 6.92 Å². The first kappa shape index (κ1) is 12.5. The maximum absolute atomic E-state index is 9.11. The molecule has 0 saturated heterocycles. The predicted octanol–water partition coefficient (Wildman–Crippen LogP) is 2.39. The van der Waals surface area contributed by atoms with E-state index in [9.17, 15) is 0 Å². The van der Waals surface area contributed by atoms with Crippen molar-refractivity contribution in [2.75, 3.05) is 7.05 Å². The van der Waals surface area contributed by atoms with E-state index in [0.29, 0.717) is 0 Å². The fourth-order valence-corrected chi connectivity index (χ4v) is 1.07. The van der Waals surface area contributed by atoms with Crippen LogP contribution in [0.25, 0.3) is 0 Å². The Hall–Kier alpha value is -1.55. The molecule has 1 atom stereocenters. The van der Waals surface area contributed by atoms with Crippen molar-refractivity contribution in [1.29, 1.82) is 0 Å². The summed E-state index contributed by atoms with van der Waals surface area (Å²) in [6.45, 7) is 4.05. The number of hydrogen-bond acceptors (Lipinski definition) is 4. The third-order valence-electron chi connectivity index (χ3n) is 2.17. The second-order valence-corrected chi connectivity index (χ2v) is 3.62. The van der Waals surface area contributed by atoms with Gasteiger partial charge >= 0.3 is 0 Å². The molecule has 4 heteroatoms. The van der Waals surface area contributed by atoms with E-state index in [0.717, 1.165) is 12.0 Å². The summed E-state index contributed by atoms with van der Waals surface area (Å²) in [4.78, 5) is 5.43. The predicted molar refractivity (Wildman–Crippen MR) is 64.3 cm³/mol. The minimum Gasteiger partial charge on any atom is -0.508 e. The van der Waals surface area contributed by atoms with Crippen LogP contribution in [0.15, 0.2) is 29.4 Å². The standard InChI is InChI=1S/C12H18N2O2/c1-4-10(2)16-14(3)13-9-11-5-7-12(15)8-6-11/h5-10,15H,4H2,1-3H3/b13-9+. The SMILES string of the molecule is CCC(C)ON(C)/N=C/c1ccc(O)cc1. The van der Waals surface area contributed by atoms with Crippen molar-refractivity contribution in [2.24, 2.45) is 5.10 Å². The van der Waals surface area contributed by atoms with Crippen LogP contribution in [-0.4, -0.2) is 29.6 Å². The van der Waals surface area contributed by atoms with Crippen LogP contribution < -0.4 is 0 Å². The fourth-order valence-electron chi connectivity index (χ4n) is 1.07. The zero-order chi connectivity index (χ0) is 12.0. The van der Waals surface area contributed by atoms with Crippen LogP contribution in [-0.2, 0) is 4.84 Å². The van der Waals surface area contributed by atoms with Crippen molar-refractivity contribution < 1.29 is 9.94 Å². The lowest BCUT2D eigenvalue weighted by atomic mass is 10.2. The molecule has 0 heterocycles. The lowest BCUT2D eigenvalue weighted by molar-refractivity contribution is -0.175. The number of aromatic hydroxyl groups is 1. The Morgan fingerprint density at radius 3 is 2.62 bits per heavy atom. The van der Waals surface area contributed by atoms with Crippen LogP contribution in [0, 0.1) is 0 Å². The molecule has 0 bridgehead atoms. The molecule has 0 aliphatic carbocycles. The van der Waals surface area contributed by atoms with E-state index in [2.05, 4.69) is 12.0 Å². The summed E-state index contributed by atoms with van der Waals surface area (Å²) in [6.07, 6.45) is 2.78. The number of phenolic OH excluding ortho intramolecular Hbond substituents is 1. The summed E-state index contributed by atoms with van der Waals surface area (Å²) < 4.78 is 0. The van der Waals surface area contributed by atoms with Crippen LogP contribution in [0.4, 0.5) is 0 Å². The van der Waals surface area contributed by atoms with Gasteiger partial charge < -0.3 is 5.11 Å². The molecule has 0 radical (unpaired) electrons. The van der Waals surface area contributed by atoms with Crippen molar-refractivity contribution in [1.82, 2.24) is 5.17 Å². The summed E-state index contributed by atoms with van der Waals surface area (Å²) in [5.74, 6) is 0.251. The van der Waals surface area contributed by atoms with E-state index < -0.39 is 0 Å². The van der Waals surface area contributed by atoms with Crippen molar-refractivity contribution in [3.63, 3.8) is 0 Å². The molecule has 1 aromatic carbocycles. The molecule has 1 aromatic rings. The zero-order valence-corrected chi connectivity index (χ0v) is 9.92. The number of benzene rings is 1. The van der Waals surface area contributed by atoms with E-state index in [4.69, 9.17) is 9.94 Å². The van der Waals surface area contributed by atoms with E-state index in [-0.39, 0.29) is 11.9 Å². The third-order valence-corrected chi connectivity index (χ3v) is 2.17. The van der Waals surface area contributed by atoms with Gasteiger partial charge in [-0.15, -0.1) is 0 Å². The van der Waals surface area contributed by atoms with Gasteiger partial charge in [-0.2, -0.15) is 10.3 Å². The van der Waals surface area contributed by atoms with E-state index in [1.54, 1.807) is 37.5 Å². The van der Waals surface area contributed by atoms with Gasteiger partial charge in [0.25, 0.3) is 0 Å². The Balaban J connectivity index is 2.49. The van der Waals surface area contributed by atoms with Gasteiger partial charge in [0, 0.05) is 0 Å². The van der Waals surface area contributed by atoms with Gasteiger partial charge in [-0.1, -0.05) is 6.92 Å². The highest BCUT2D eigenvalue weighted by atomic mass is 16.7. The largest absolute Gasteiger partial charge is 0.508 e. The number of nitrogens with zero attached hydrogens (tertiary/aromatic N) is 2. The Morgan fingerprint density at radius 1 is 1.44 bits per heavy atom. The fraction of sp³-hybridized carbons (Fsp3) is 0.417. The van der Waals surface area contributed by atoms with Crippen molar-refractivity contribution >= 4 is 6.21 Å². The number of hydroxylamine groups is 1. The highest BCUT2D eigenvalue weighted by molar-refractivity contribution is 5.79. The first-order chi connectivity index (χ1) is 7.61. The number of phenols is 1. The Morgan fingerprint density at radius 2 is 2.06 bits per heavy atom. The second kappa shape index (κ2) is 6.12. The molecule has 1 rings (SSSR count). The smallest absolute Gasteiger partial charge is 0.115 e. The molecule has 1 unspecified atom stereocenters. The lowest BCUT2D eigenvalue weighted by Gasteiger charge is -2.16. The zero-order valence-electron chi connectivity index (χ0n) is 9.92. The molecule has 0 amide bonds.